The van der Waals surface area contributed by atoms with Crippen molar-refractivity contribution in [2.75, 3.05) is 13.1 Å². The van der Waals surface area contributed by atoms with Crippen LogP contribution in [-0.2, 0) is 22.7 Å². The Bertz CT molecular complexity index is 756. The summed E-state index contributed by atoms with van der Waals surface area (Å²) in [6.45, 7) is 4.04. The molecule has 1 spiro atoms. The average molecular weight is 315 g/mol. The zero-order valence-corrected chi connectivity index (χ0v) is 13.0. The number of likely N-dealkylation sites (tertiary alicyclic amines) is 1. The Morgan fingerprint density at radius 1 is 1.30 bits per heavy atom. The Morgan fingerprint density at radius 3 is 2.78 bits per heavy atom. The third-order valence-corrected chi connectivity index (χ3v) is 4.79. The largest absolute Gasteiger partial charge is 0.363 e. The second kappa shape index (κ2) is 5.16. The van der Waals surface area contributed by atoms with Crippen LogP contribution in [0.15, 0.2) is 30.5 Å². The maximum Gasteiger partial charge on any atom is 0.219 e. The molecule has 3 heterocycles. The molecule has 0 aliphatic carbocycles. The van der Waals surface area contributed by atoms with Gasteiger partial charge in [0.25, 0.3) is 0 Å². The van der Waals surface area contributed by atoms with Gasteiger partial charge in [0.1, 0.15) is 23.8 Å². The van der Waals surface area contributed by atoms with Crippen molar-refractivity contribution < 1.29 is 13.9 Å². The van der Waals surface area contributed by atoms with E-state index in [9.17, 15) is 9.18 Å². The molecule has 2 aliphatic heterocycles. The number of hydrogen-bond acceptors (Lipinski definition) is 3. The van der Waals surface area contributed by atoms with E-state index >= 15 is 0 Å². The molecule has 2 aromatic rings. The molecule has 1 aromatic carbocycles. The van der Waals surface area contributed by atoms with Crippen molar-refractivity contribution in [2.45, 2.75) is 32.1 Å². The number of benzene rings is 1. The highest BCUT2D eigenvalue weighted by Crippen LogP contribution is 2.35. The number of amides is 1. The molecule has 0 radical (unpaired) electrons. The van der Waals surface area contributed by atoms with Crippen LogP contribution in [0.3, 0.4) is 0 Å². The molecule has 6 heteroatoms. The Labute approximate surface area is 133 Å². The van der Waals surface area contributed by atoms with Gasteiger partial charge in [-0.25, -0.2) is 9.37 Å². The zero-order chi connectivity index (χ0) is 16.0. The maximum absolute atomic E-state index is 13.1. The van der Waals surface area contributed by atoms with Gasteiger partial charge in [0.05, 0.1) is 25.0 Å². The molecule has 1 atom stereocenters. The van der Waals surface area contributed by atoms with Crippen LogP contribution in [0.4, 0.5) is 4.39 Å². The lowest BCUT2D eigenvalue weighted by Crippen LogP contribution is -2.44. The molecule has 0 N–H and O–H groups in total. The SMILES string of the molecule is CC(=O)N1CC[C@]2(C1)Cn1c(-c3ccc(F)cc3)cnc1CO2. The number of hydrogen-bond donors (Lipinski definition) is 0. The van der Waals surface area contributed by atoms with Crippen molar-refractivity contribution in [2.24, 2.45) is 0 Å². The number of rotatable bonds is 1. The van der Waals surface area contributed by atoms with E-state index in [1.165, 1.54) is 12.1 Å². The molecule has 1 fully saturated rings. The van der Waals surface area contributed by atoms with Gasteiger partial charge in [-0.1, -0.05) is 0 Å². The number of ether oxygens (including phenoxy) is 1. The molecule has 120 valence electrons. The van der Waals surface area contributed by atoms with Crippen LogP contribution in [0.25, 0.3) is 11.3 Å². The van der Waals surface area contributed by atoms with Crippen LogP contribution >= 0.6 is 0 Å². The van der Waals surface area contributed by atoms with Crippen molar-refractivity contribution in [1.82, 2.24) is 14.5 Å². The Kier molecular flexibility index (Phi) is 3.23. The van der Waals surface area contributed by atoms with Crippen LogP contribution in [0.5, 0.6) is 0 Å². The quantitative estimate of drug-likeness (QED) is 0.810. The van der Waals surface area contributed by atoms with Crippen molar-refractivity contribution >= 4 is 5.91 Å². The molecule has 1 saturated heterocycles. The molecular weight excluding hydrogens is 297 g/mol. The fourth-order valence-electron chi connectivity index (χ4n) is 3.47. The van der Waals surface area contributed by atoms with E-state index in [2.05, 4.69) is 9.55 Å². The molecule has 1 aromatic heterocycles. The van der Waals surface area contributed by atoms with E-state index in [1.807, 2.05) is 11.1 Å². The van der Waals surface area contributed by atoms with Crippen LogP contribution in [0, 0.1) is 5.82 Å². The summed E-state index contributed by atoms with van der Waals surface area (Å²) >= 11 is 0. The second-order valence-electron chi connectivity index (χ2n) is 6.31. The van der Waals surface area contributed by atoms with Gasteiger partial charge in [0, 0.05) is 13.5 Å². The first kappa shape index (κ1) is 14.4. The topological polar surface area (TPSA) is 47.4 Å². The number of nitrogens with zero attached hydrogens (tertiary/aromatic N) is 3. The Hall–Kier alpha value is -2.21. The highest BCUT2D eigenvalue weighted by atomic mass is 19.1. The molecule has 1 amide bonds. The van der Waals surface area contributed by atoms with Crippen molar-refractivity contribution in [3.8, 4) is 11.3 Å². The van der Waals surface area contributed by atoms with Crippen molar-refractivity contribution in [3.63, 3.8) is 0 Å². The van der Waals surface area contributed by atoms with Gasteiger partial charge in [-0.3, -0.25) is 4.79 Å². The number of imidazole rings is 1. The first-order chi connectivity index (χ1) is 11.1. The summed E-state index contributed by atoms with van der Waals surface area (Å²) in [7, 11) is 0. The van der Waals surface area contributed by atoms with Crippen molar-refractivity contribution in [3.05, 3.63) is 42.1 Å². The number of fused-ring (bicyclic) bond motifs is 1. The van der Waals surface area contributed by atoms with Gasteiger partial charge in [-0.05, 0) is 36.2 Å². The van der Waals surface area contributed by atoms with Gasteiger partial charge in [-0.15, -0.1) is 0 Å². The van der Waals surface area contributed by atoms with Gasteiger partial charge in [0.15, 0.2) is 0 Å². The maximum atomic E-state index is 13.1. The van der Waals surface area contributed by atoms with Crippen LogP contribution in [-0.4, -0.2) is 39.0 Å². The highest BCUT2D eigenvalue weighted by Gasteiger charge is 2.43. The molecule has 5 nitrogen and oxygen atoms in total. The first-order valence-corrected chi connectivity index (χ1v) is 7.76. The summed E-state index contributed by atoms with van der Waals surface area (Å²) < 4.78 is 21.4. The number of aromatic nitrogens is 2. The lowest BCUT2D eigenvalue weighted by molar-refractivity contribution is -0.131. The average Bonchev–Trinajstić information content (AvgIpc) is 3.13. The molecule has 0 unspecified atom stereocenters. The molecular formula is C17H18FN3O2. The molecule has 0 saturated carbocycles. The Morgan fingerprint density at radius 2 is 2.09 bits per heavy atom. The summed E-state index contributed by atoms with van der Waals surface area (Å²) in [6, 6.07) is 6.44. The lowest BCUT2D eigenvalue weighted by Gasteiger charge is -2.35. The van der Waals surface area contributed by atoms with E-state index in [-0.39, 0.29) is 17.3 Å². The van der Waals surface area contributed by atoms with Gasteiger partial charge >= 0.3 is 0 Å². The summed E-state index contributed by atoms with van der Waals surface area (Å²) in [4.78, 5) is 17.9. The van der Waals surface area contributed by atoms with Gasteiger partial charge < -0.3 is 14.2 Å². The Balaban J connectivity index is 1.66. The van der Waals surface area contributed by atoms with Crippen LogP contribution in [0.1, 0.15) is 19.2 Å². The minimum Gasteiger partial charge on any atom is -0.363 e. The summed E-state index contributed by atoms with van der Waals surface area (Å²) in [6.07, 6.45) is 2.63. The van der Waals surface area contributed by atoms with Crippen LogP contribution < -0.4 is 0 Å². The number of carbonyl (C=O) groups is 1. The van der Waals surface area contributed by atoms with Crippen LogP contribution in [0.2, 0.25) is 0 Å². The van der Waals surface area contributed by atoms with Crippen molar-refractivity contribution in [1.29, 1.82) is 0 Å². The van der Waals surface area contributed by atoms with Gasteiger partial charge in [-0.2, -0.15) is 0 Å². The summed E-state index contributed by atoms with van der Waals surface area (Å²) in [5.41, 5.74) is 1.56. The standard InChI is InChI=1S/C17H18FN3O2/c1-12(22)20-7-6-17(10-20)11-21-15(8-19-16(21)9-23-17)13-2-4-14(18)5-3-13/h2-5,8H,6-7,9-11H2,1H3/t17-/m0/s1. The summed E-state index contributed by atoms with van der Waals surface area (Å²) in [5, 5.41) is 0. The summed E-state index contributed by atoms with van der Waals surface area (Å²) in [5.74, 6) is 0.705. The second-order valence-corrected chi connectivity index (χ2v) is 6.31. The molecule has 0 bridgehead atoms. The third kappa shape index (κ3) is 2.43. The van der Waals surface area contributed by atoms with E-state index in [0.717, 1.165) is 30.0 Å². The third-order valence-electron chi connectivity index (χ3n) is 4.79. The molecule has 4 rings (SSSR count). The lowest BCUT2D eigenvalue weighted by atomic mass is 10.0. The van der Waals surface area contributed by atoms with E-state index in [1.54, 1.807) is 19.1 Å². The van der Waals surface area contributed by atoms with E-state index < -0.39 is 0 Å². The predicted octanol–water partition coefficient (Wildman–Crippen LogP) is 2.21. The normalized spacial score (nSPS) is 23.3. The number of carbonyl (C=O) groups excluding carboxylic acids is 1. The van der Waals surface area contributed by atoms with E-state index in [4.69, 9.17) is 4.74 Å². The van der Waals surface area contributed by atoms with Gasteiger partial charge in [0.2, 0.25) is 5.91 Å². The number of halogens is 1. The monoisotopic (exact) mass is 315 g/mol. The van der Waals surface area contributed by atoms with E-state index in [0.29, 0.717) is 19.7 Å². The first-order valence-electron chi connectivity index (χ1n) is 7.76. The smallest absolute Gasteiger partial charge is 0.219 e. The minimum absolute atomic E-state index is 0.0839. The molecule has 23 heavy (non-hydrogen) atoms. The predicted molar refractivity (Wildman–Crippen MR) is 82.0 cm³/mol. The highest BCUT2D eigenvalue weighted by molar-refractivity contribution is 5.73. The zero-order valence-electron chi connectivity index (χ0n) is 13.0. The fourth-order valence-corrected chi connectivity index (χ4v) is 3.47. The fraction of sp³-hybridized carbons (Fsp3) is 0.412. The minimum atomic E-state index is -0.339. The molecule has 2 aliphatic rings.